The Morgan fingerprint density at radius 2 is 1.81 bits per heavy atom. The second kappa shape index (κ2) is 6.37. The van der Waals surface area contributed by atoms with E-state index in [2.05, 4.69) is 40.6 Å². The number of rotatable bonds is 5. The van der Waals surface area contributed by atoms with Gasteiger partial charge in [0.05, 0.1) is 7.11 Å². The fourth-order valence-corrected chi connectivity index (χ4v) is 2.51. The van der Waals surface area contributed by atoms with Crippen LogP contribution in [0.2, 0.25) is 0 Å². The Morgan fingerprint density at radius 1 is 0.952 bits per heavy atom. The molecule has 0 spiro atoms. The molecule has 0 radical (unpaired) electrons. The molecule has 106 valence electrons. The second-order valence-electron chi connectivity index (χ2n) is 4.94. The molecule has 0 aliphatic carbocycles. The predicted molar refractivity (Wildman–Crippen MR) is 85.3 cm³/mol. The largest absolute Gasteiger partial charge is 0.496 e. The molecule has 0 unspecified atom stereocenters. The van der Waals surface area contributed by atoms with Gasteiger partial charge in [-0.3, -0.25) is 4.98 Å². The fraction of sp³-hybridized carbons (Fsp3) is 0.167. The normalized spacial score (nSPS) is 10.7. The highest BCUT2D eigenvalue weighted by Crippen LogP contribution is 2.28. The molecule has 21 heavy (non-hydrogen) atoms. The molecule has 0 aliphatic rings. The van der Waals surface area contributed by atoms with Gasteiger partial charge >= 0.3 is 0 Å². The van der Waals surface area contributed by atoms with Crippen molar-refractivity contribution in [2.24, 2.45) is 0 Å². The van der Waals surface area contributed by atoms with Crippen LogP contribution in [0, 0.1) is 0 Å². The Bertz CT molecular complexity index is 726. The SMILES string of the molecule is COc1ccc(CNCc2cccnc2)c2ccccc12. The molecule has 0 fully saturated rings. The van der Waals surface area contributed by atoms with Crippen molar-refractivity contribution in [2.75, 3.05) is 7.11 Å². The lowest BCUT2D eigenvalue weighted by molar-refractivity contribution is 0.419. The quantitative estimate of drug-likeness (QED) is 0.775. The Balaban J connectivity index is 1.78. The molecule has 2 aromatic carbocycles. The van der Waals surface area contributed by atoms with E-state index in [0.717, 1.165) is 24.2 Å². The number of benzene rings is 2. The van der Waals surface area contributed by atoms with Gasteiger partial charge in [0, 0.05) is 30.9 Å². The maximum atomic E-state index is 5.43. The first-order chi connectivity index (χ1) is 10.4. The van der Waals surface area contributed by atoms with Crippen LogP contribution in [0.1, 0.15) is 11.1 Å². The number of ether oxygens (including phenoxy) is 1. The van der Waals surface area contributed by atoms with Crippen molar-refractivity contribution >= 4 is 10.8 Å². The zero-order valence-corrected chi connectivity index (χ0v) is 12.0. The number of nitrogens with one attached hydrogen (secondary N) is 1. The third kappa shape index (κ3) is 3.03. The summed E-state index contributed by atoms with van der Waals surface area (Å²) in [6, 6.07) is 16.5. The van der Waals surface area contributed by atoms with Crippen LogP contribution in [0.5, 0.6) is 5.75 Å². The summed E-state index contributed by atoms with van der Waals surface area (Å²) in [5.41, 5.74) is 2.46. The predicted octanol–water partition coefficient (Wildman–Crippen LogP) is 3.53. The minimum absolute atomic E-state index is 0.814. The fourth-order valence-electron chi connectivity index (χ4n) is 2.51. The summed E-state index contributed by atoms with van der Waals surface area (Å²) < 4.78 is 5.43. The number of methoxy groups -OCH3 is 1. The molecular formula is C18H18N2O. The summed E-state index contributed by atoms with van der Waals surface area (Å²) in [5, 5.41) is 5.85. The lowest BCUT2D eigenvalue weighted by Gasteiger charge is -2.11. The first-order valence-corrected chi connectivity index (χ1v) is 7.03. The lowest BCUT2D eigenvalue weighted by Crippen LogP contribution is -2.13. The first-order valence-electron chi connectivity index (χ1n) is 7.03. The van der Waals surface area contributed by atoms with E-state index in [0.29, 0.717) is 0 Å². The van der Waals surface area contributed by atoms with Gasteiger partial charge in [-0.05, 0) is 28.6 Å². The molecule has 0 saturated carbocycles. The van der Waals surface area contributed by atoms with E-state index in [4.69, 9.17) is 4.74 Å². The minimum atomic E-state index is 0.814. The van der Waals surface area contributed by atoms with Gasteiger partial charge in [0.15, 0.2) is 0 Å². The van der Waals surface area contributed by atoms with Crippen LogP contribution >= 0.6 is 0 Å². The van der Waals surface area contributed by atoms with E-state index in [1.807, 2.05) is 24.4 Å². The van der Waals surface area contributed by atoms with Crippen molar-refractivity contribution in [3.05, 3.63) is 72.1 Å². The Hall–Kier alpha value is -2.39. The smallest absolute Gasteiger partial charge is 0.126 e. The number of nitrogens with zero attached hydrogens (tertiary/aromatic N) is 1. The van der Waals surface area contributed by atoms with Crippen molar-refractivity contribution < 1.29 is 4.74 Å². The van der Waals surface area contributed by atoms with Crippen molar-refractivity contribution in [3.63, 3.8) is 0 Å². The summed E-state index contributed by atoms with van der Waals surface area (Å²) >= 11 is 0. The van der Waals surface area contributed by atoms with Crippen LogP contribution in [0.15, 0.2) is 60.9 Å². The van der Waals surface area contributed by atoms with Gasteiger partial charge in [0.25, 0.3) is 0 Å². The van der Waals surface area contributed by atoms with E-state index in [1.54, 1.807) is 13.3 Å². The molecule has 3 aromatic rings. The maximum Gasteiger partial charge on any atom is 0.126 e. The highest BCUT2D eigenvalue weighted by molar-refractivity contribution is 5.91. The summed E-state index contributed by atoms with van der Waals surface area (Å²) in [6.45, 7) is 1.63. The Kier molecular flexibility index (Phi) is 4.12. The molecule has 0 saturated heterocycles. The molecule has 0 aliphatic heterocycles. The van der Waals surface area contributed by atoms with Gasteiger partial charge in [-0.25, -0.2) is 0 Å². The molecule has 0 bridgehead atoms. The minimum Gasteiger partial charge on any atom is -0.496 e. The average molecular weight is 278 g/mol. The monoisotopic (exact) mass is 278 g/mol. The van der Waals surface area contributed by atoms with Crippen LogP contribution in [-0.2, 0) is 13.1 Å². The van der Waals surface area contributed by atoms with Crippen molar-refractivity contribution in [3.8, 4) is 5.75 Å². The van der Waals surface area contributed by atoms with E-state index in [-0.39, 0.29) is 0 Å². The van der Waals surface area contributed by atoms with Gasteiger partial charge in [0.2, 0.25) is 0 Å². The number of pyridine rings is 1. The first kappa shape index (κ1) is 13.6. The number of hydrogen-bond acceptors (Lipinski definition) is 3. The highest BCUT2D eigenvalue weighted by Gasteiger charge is 2.05. The van der Waals surface area contributed by atoms with Crippen molar-refractivity contribution in [2.45, 2.75) is 13.1 Å². The molecule has 3 nitrogen and oxygen atoms in total. The number of fused-ring (bicyclic) bond motifs is 1. The Morgan fingerprint density at radius 3 is 2.57 bits per heavy atom. The second-order valence-corrected chi connectivity index (χ2v) is 4.94. The van der Waals surface area contributed by atoms with Crippen LogP contribution in [-0.4, -0.2) is 12.1 Å². The van der Waals surface area contributed by atoms with Crippen LogP contribution in [0.4, 0.5) is 0 Å². The average Bonchev–Trinajstić information content (AvgIpc) is 2.56. The van der Waals surface area contributed by atoms with Gasteiger partial charge in [-0.2, -0.15) is 0 Å². The van der Waals surface area contributed by atoms with E-state index >= 15 is 0 Å². The van der Waals surface area contributed by atoms with Crippen LogP contribution in [0.3, 0.4) is 0 Å². The van der Waals surface area contributed by atoms with Crippen molar-refractivity contribution in [1.29, 1.82) is 0 Å². The summed E-state index contributed by atoms with van der Waals surface area (Å²) in [6.07, 6.45) is 3.68. The zero-order chi connectivity index (χ0) is 14.5. The summed E-state index contributed by atoms with van der Waals surface area (Å²) in [5.74, 6) is 0.918. The molecule has 1 aromatic heterocycles. The standard InChI is InChI=1S/C18H18N2O/c1-21-18-9-8-15(16-6-2-3-7-17(16)18)13-20-12-14-5-4-10-19-11-14/h2-11,20H,12-13H2,1H3. The molecule has 3 heteroatoms. The molecule has 3 rings (SSSR count). The van der Waals surface area contributed by atoms with E-state index in [9.17, 15) is 0 Å². The molecule has 0 amide bonds. The zero-order valence-electron chi connectivity index (χ0n) is 12.0. The number of aromatic nitrogens is 1. The maximum absolute atomic E-state index is 5.43. The van der Waals surface area contributed by atoms with Gasteiger partial charge in [0.1, 0.15) is 5.75 Å². The lowest BCUT2D eigenvalue weighted by atomic mass is 10.0. The molecular weight excluding hydrogens is 260 g/mol. The van der Waals surface area contributed by atoms with Gasteiger partial charge in [-0.1, -0.05) is 36.4 Å². The van der Waals surface area contributed by atoms with E-state index < -0.39 is 0 Å². The van der Waals surface area contributed by atoms with Crippen LogP contribution in [0.25, 0.3) is 10.8 Å². The van der Waals surface area contributed by atoms with Crippen LogP contribution < -0.4 is 10.1 Å². The van der Waals surface area contributed by atoms with Crippen molar-refractivity contribution in [1.82, 2.24) is 10.3 Å². The van der Waals surface area contributed by atoms with Gasteiger partial charge < -0.3 is 10.1 Å². The highest BCUT2D eigenvalue weighted by atomic mass is 16.5. The van der Waals surface area contributed by atoms with Gasteiger partial charge in [-0.15, -0.1) is 0 Å². The topological polar surface area (TPSA) is 34.1 Å². The third-order valence-corrected chi connectivity index (χ3v) is 3.56. The summed E-state index contributed by atoms with van der Waals surface area (Å²) in [4.78, 5) is 4.13. The third-order valence-electron chi connectivity index (χ3n) is 3.56. The van der Waals surface area contributed by atoms with E-state index in [1.165, 1.54) is 16.5 Å². The Labute approximate surface area is 124 Å². The number of hydrogen-bond donors (Lipinski definition) is 1. The summed E-state index contributed by atoms with van der Waals surface area (Å²) in [7, 11) is 1.71. The molecule has 0 atom stereocenters. The molecule has 1 N–H and O–H groups in total. The molecule has 1 heterocycles.